The molecule has 2 rings (SSSR count). The lowest BCUT2D eigenvalue weighted by atomic mass is 10.3. The number of nitriles is 1. The number of thioether (sulfide) groups is 1. The molecule has 1 heterocycles. The summed E-state index contributed by atoms with van der Waals surface area (Å²) in [4.78, 5) is 4.32. The van der Waals surface area contributed by atoms with Crippen molar-refractivity contribution in [2.75, 3.05) is 19.5 Å². The number of nitrogens with one attached hydrogen (secondary N) is 1. The van der Waals surface area contributed by atoms with Crippen molar-refractivity contribution in [3.8, 4) is 17.7 Å². The Hall–Kier alpha value is -1.87. The van der Waals surface area contributed by atoms with Gasteiger partial charge in [-0.3, -0.25) is 5.32 Å². The second kappa shape index (κ2) is 6.17. The number of aliphatic imine (C=N–C) groups is 1. The fourth-order valence-electron chi connectivity index (χ4n) is 1.51. The summed E-state index contributed by atoms with van der Waals surface area (Å²) in [6, 6.07) is 5.49. The van der Waals surface area contributed by atoms with Gasteiger partial charge in [-0.2, -0.15) is 5.26 Å². The molecule has 1 aliphatic rings. The van der Waals surface area contributed by atoms with E-state index in [0.717, 1.165) is 17.9 Å². The van der Waals surface area contributed by atoms with Crippen molar-refractivity contribution in [1.29, 1.82) is 5.26 Å². The lowest BCUT2D eigenvalue weighted by molar-refractivity contribution is 0.297. The van der Waals surface area contributed by atoms with Crippen LogP contribution >= 0.6 is 11.8 Å². The fourth-order valence-corrected chi connectivity index (χ4v) is 1.86. The SMILES string of the molecule is CSC(=Nc1ccc2c(c1)OCCCO2)NC#N. The smallest absolute Gasteiger partial charge is 0.183 e. The Labute approximate surface area is 110 Å². The average molecular weight is 263 g/mol. The minimum absolute atomic E-state index is 0.548. The van der Waals surface area contributed by atoms with E-state index in [1.807, 2.05) is 30.6 Å². The van der Waals surface area contributed by atoms with E-state index in [9.17, 15) is 0 Å². The lowest BCUT2D eigenvalue weighted by Gasteiger charge is -2.07. The van der Waals surface area contributed by atoms with Crippen molar-refractivity contribution in [1.82, 2.24) is 5.32 Å². The summed E-state index contributed by atoms with van der Waals surface area (Å²) >= 11 is 1.38. The van der Waals surface area contributed by atoms with E-state index in [2.05, 4.69) is 10.3 Å². The van der Waals surface area contributed by atoms with E-state index in [4.69, 9.17) is 14.7 Å². The van der Waals surface area contributed by atoms with Gasteiger partial charge in [0.2, 0.25) is 0 Å². The molecule has 1 aromatic carbocycles. The number of fused-ring (bicyclic) bond motifs is 1. The Morgan fingerprint density at radius 3 is 2.89 bits per heavy atom. The summed E-state index contributed by atoms with van der Waals surface area (Å²) in [5, 5.41) is 11.6. The number of amidine groups is 1. The minimum Gasteiger partial charge on any atom is -0.490 e. The predicted octanol–water partition coefficient (Wildman–Crippen LogP) is 2.27. The summed E-state index contributed by atoms with van der Waals surface area (Å²) in [6.45, 7) is 1.31. The highest BCUT2D eigenvalue weighted by atomic mass is 32.2. The molecule has 0 aromatic heterocycles. The molecule has 18 heavy (non-hydrogen) atoms. The first-order valence-corrected chi connectivity index (χ1v) is 6.73. The van der Waals surface area contributed by atoms with Gasteiger partial charge in [-0.15, -0.1) is 0 Å². The van der Waals surface area contributed by atoms with Crippen LogP contribution in [0.1, 0.15) is 6.42 Å². The molecule has 0 unspecified atom stereocenters. The van der Waals surface area contributed by atoms with E-state index in [0.29, 0.717) is 24.1 Å². The van der Waals surface area contributed by atoms with Gasteiger partial charge in [0, 0.05) is 12.5 Å². The van der Waals surface area contributed by atoms with E-state index >= 15 is 0 Å². The van der Waals surface area contributed by atoms with Gasteiger partial charge in [0.1, 0.15) is 0 Å². The number of ether oxygens (including phenoxy) is 2. The molecule has 94 valence electrons. The standard InChI is InChI=1S/C12H13N3O2S/c1-18-12(14-8-13)15-9-3-4-10-11(7-9)17-6-2-5-16-10/h3-4,7H,2,5-6H2,1H3,(H,14,15). The molecular formula is C12H13N3O2S. The fraction of sp³-hybridized carbons (Fsp3) is 0.333. The lowest BCUT2D eigenvalue weighted by Crippen LogP contribution is -2.12. The molecule has 0 spiro atoms. The quantitative estimate of drug-likeness (QED) is 0.364. The molecule has 0 radical (unpaired) electrons. The molecular weight excluding hydrogens is 250 g/mol. The Morgan fingerprint density at radius 1 is 1.39 bits per heavy atom. The normalized spacial score (nSPS) is 14.6. The minimum atomic E-state index is 0.548. The van der Waals surface area contributed by atoms with Crippen LogP contribution in [0, 0.1) is 11.5 Å². The number of nitrogens with zero attached hydrogens (tertiary/aromatic N) is 2. The molecule has 0 bridgehead atoms. The number of rotatable bonds is 1. The average Bonchev–Trinajstić information content (AvgIpc) is 2.63. The van der Waals surface area contributed by atoms with Crippen LogP contribution in [0.2, 0.25) is 0 Å². The number of hydrogen-bond donors (Lipinski definition) is 1. The van der Waals surface area contributed by atoms with E-state index < -0.39 is 0 Å². The molecule has 6 heteroatoms. The number of hydrogen-bond acceptors (Lipinski definition) is 5. The van der Waals surface area contributed by atoms with Gasteiger partial charge in [-0.05, 0) is 18.4 Å². The van der Waals surface area contributed by atoms with Crippen molar-refractivity contribution in [2.24, 2.45) is 4.99 Å². The first kappa shape index (κ1) is 12.6. The third-order valence-corrected chi connectivity index (χ3v) is 2.90. The second-order valence-corrected chi connectivity index (χ2v) is 4.33. The first-order chi connectivity index (χ1) is 8.83. The summed E-state index contributed by atoms with van der Waals surface area (Å²) in [7, 11) is 0. The van der Waals surface area contributed by atoms with Gasteiger partial charge >= 0.3 is 0 Å². The van der Waals surface area contributed by atoms with Gasteiger partial charge in [0.15, 0.2) is 22.9 Å². The largest absolute Gasteiger partial charge is 0.490 e. The highest BCUT2D eigenvalue weighted by molar-refractivity contribution is 8.13. The summed E-state index contributed by atoms with van der Waals surface area (Å²) in [5.74, 6) is 1.44. The first-order valence-electron chi connectivity index (χ1n) is 5.51. The number of benzene rings is 1. The van der Waals surface area contributed by atoms with Crippen LogP contribution in [0.25, 0.3) is 0 Å². The van der Waals surface area contributed by atoms with Gasteiger partial charge in [-0.25, -0.2) is 4.99 Å². The van der Waals surface area contributed by atoms with Crippen LogP contribution in [-0.2, 0) is 0 Å². The molecule has 0 saturated heterocycles. The zero-order valence-electron chi connectivity index (χ0n) is 9.97. The van der Waals surface area contributed by atoms with Crippen LogP contribution in [0.5, 0.6) is 11.5 Å². The Bertz CT molecular complexity index is 497. The summed E-state index contributed by atoms with van der Waals surface area (Å²) in [5.41, 5.74) is 0.728. The maximum atomic E-state index is 8.58. The zero-order valence-corrected chi connectivity index (χ0v) is 10.8. The summed E-state index contributed by atoms with van der Waals surface area (Å²) < 4.78 is 11.1. The molecule has 1 aliphatic heterocycles. The van der Waals surface area contributed by atoms with Gasteiger partial charge in [-0.1, -0.05) is 11.8 Å². The maximum Gasteiger partial charge on any atom is 0.183 e. The van der Waals surface area contributed by atoms with E-state index in [1.165, 1.54) is 11.8 Å². The summed E-state index contributed by atoms with van der Waals surface area (Å²) in [6.07, 6.45) is 4.58. The topological polar surface area (TPSA) is 66.6 Å². The predicted molar refractivity (Wildman–Crippen MR) is 71.4 cm³/mol. The van der Waals surface area contributed by atoms with Crippen LogP contribution in [0.15, 0.2) is 23.2 Å². The molecule has 1 N–H and O–H groups in total. The van der Waals surface area contributed by atoms with Crippen LogP contribution < -0.4 is 14.8 Å². The molecule has 1 aromatic rings. The highest BCUT2D eigenvalue weighted by Gasteiger charge is 2.10. The Morgan fingerprint density at radius 2 is 2.17 bits per heavy atom. The third kappa shape index (κ3) is 3.08. The van der Waals surface area contributed by atoms with E-state index in [1.54, 1.807) is 0 Å². The molecule has 0 atom stereocenters. The van der Waals surface area contributed by atoms with Crippen molar-refractivity contribution in [3.05, 3.63) is 18.2 Å². The van der Waals surface area contributed by atoms with Gasteiger partial charge < -0.3 is 9.47 Å². The van der Waals surface area contributed by atoms with Gasteiger partial charge in [0.05, 0.1) is 18.9 Å². The maximum absolute atomic E-state index is 8.58. The van der Waals surface area contributed by atoms with Crippen molar-refractivity contribution in [2.45, 2.75) is 6.42 Å². The molecule has 0 saturated carbocycles. The Balaban J connectivity index is 2.25. The second-order valence-electron chi connectivity index (χ2n) is 3.54. The van der Waals surface area contributed by atoms with Crippen molar-refractivity contribution >= 4 is 22.6 Å². The van der Waals surface area contributed by atoms with Crippen molar-refractivity contribution < 1.29 is 9.47 Å². The van der Waals surface area contributed by atoms with Gasteiger partial charge in [0.25, 0.3) is 0 Å². The Kier molecular flexibility index (Phi) is 4.31. The van der Waals surface area contributed by atoms with E-state index in [-0.39, 0.29) is 0 Å². The zero-order chi connectivity index (χ0) is 12.8. The third-order valence-electron chi connectivity index (χ3n) is 2.32. The molecule has 5 nitrogen and oxygen atoms in total. The van der Waals surface area contributed by atoms with Crippen LogP contribution in [0.4, 0.5) is 5.69 Å². The molecule has 0 fully saturated rings. The molecule has 0 aliphatic carbocycles. The highest BCUT2D eigenvalue weighted by Crippen LogP contribution is 2.33. The van der Waals surface area contributed by atoms with Crippen molar-refractivity contribution in [3.63, 3.8) is 0 Å². The monoisotopic (exact) mass is 263 g/mol. The van der Waals surface area contributed by atoms with Crippen LogP contribution in [0.3, 0.4) is 0 Å². The molecule has 0 amide bonds. The van der Waals surface area contributed by atoms with Crippen LogP contribution in [-0.4, -0.2) is 24.6 Å².